The van der Waals surface area contributed by atoms with Crippen LogP contribution in [0.2, 0.25) is 0 Å². The Morgan fingerprint density at radius 3 is 3.04 bits per heavy atom. The van der Waals surface area contributed by atoms with E-state index in [9.17, 15) is 9.59 Å². The average Bonchev–Trinajstić information content (AvgIpc) is 2.98. The molecule has 7 nitrogen and oxygen atoms in total. The van der Waals surface area contributed by atoms with Gasteiger partial charge in [0.1, 0.15) is 10.5 Å². The Labute approximate surface area is 136 Å². The number of pyridine rings is 1. The maximum atomic E-state index is 12.2. The largest absolute Gasteiger partial charge is 0.322 e. The van der Waals surface area contributed by atoms with E-state index in [1.165, 1.54) is 16.2 Å². The van der Waals surface area contributed by atoms with Crippen LogP contribution in [-0.4, -0.2) is 32.9 Å². The molecule has 0 aliphatic carbocycles. The molecule has 0 atom stereocenters. The van der Waals surface area contributed by atoms with E-state index in [2.05, 4.69) is 20.3 Å². The lowest BCUT2D eigenvalue weighted by atomic mass is 10.2. The molecule has 0 fully saturated rings. The van der Waals surface area contributed by atoms with Crippen molar-refractivity contribution in [2.75, 3.05) is 12.4 Å². The topological polar surface area (TPSA) is 91.0 Å². The highest BCUT2D eigenvalue weighted by Gasteiger charge is 2.13. The van der Waals surface area contributed by atoms with Gasteiger partial charge in [0.05, 0.1) is 12.1 Å². The van der Waals surface area contributed by atoms with Gasteiger partial charge in [-0.3, -0.25) is 9.78 Å². The number of carbonyl (C=O) groups is 1. The number of fused-ring (bicyclic) bond motifs is 1. The SMILES string of the molecule is Cc1cnccc1NC(=O)N(C)Cc1nc2ccsc2c(=O)[nH]1. The third-order valence-electron chi connectivity index (χ3n) is 3.36. The van der Waals surface area contributed by atoms with Crippen molar-refractivity contribution in [3.8, 4) is 0 Å². The number of H-pyrrole nitrogens is 1. The minimum atomic E-state index is -0.285. The molecule has 2 N–H and O–H groups in total. The molecule has 8 heteroatoms. The zero-order valence-electron chi connectivity index (χ0n) is 12.7. The summed E-state index contributed by atoms with van der Waals surface area (Å²) in [5.41, 5.74) is 2.04. The molecule has 3 rings (SSSR count). The highest BCUT2D eigenvalue weighted by atomic mass is 32.1. The maximum Gasteiger partial charge on any atom is 0.322 e. The number of anilines is 1. The van der Waals surface area contributed by atoms with Crippen LogP contribution in [0.4, 0.5) is 10.5 Å². The Bertz CT molecular complexity index is 917. The molecule has 3 aromatic heterocycles. The van der Waals surface area contributed by atoms with Crippen molar-refractivity contribution in [3.63, 3.8) is 0 Å². The highest BCUT2D eigenvalue weighted by molar-refractivity contribution is 7.17. The summed E-state index contributed by atoms with van der Waals surface area (Å²) in [6.07, 6.45) is 3.30. The van der Waals surface area contributed by atoms with E-state index in [0.717, 1.165) is 5.56 Å². The number of aryl methyl sites for hydroxylation is 1. The number of hydrogen-bond acceptors (Lipinski definition) is 5. The van der Waals surface area contributed by atoms with Gasteiger partial charge in [-0.1, -0.05) is 0 Å². The smallest absolute Gasteiger partial charge is 0.320 e. The van der Waals surface area contributed by atoms with Gasteiger partial charge in [-0.05, 0) is 30.0 Å². The van der Waals surface area contributed by atoms with E-state index in [1.807, 2.05) is 12.3 Å². The number of thiophene rings is 1. The summed E-state index contributed by atoms with van der Waals surface area (Å²) >= 11 is 1.35. The number of rotatable bonds is 3. The molecule has 3 aromatic rings. The number of urea groups is 1. The fraction of sp³-hybridized carbons (Fsp3) is 0.200. The molecule has 0 unspecified atom stereocenters. The van der Waals surface area contributed by atoms with Crippen LogP contribution >= 0.6 is 11.3 Å². The molecule has 0 aliphatic rings. The summed E-state index contributed by atoms with van der Waals surface area (Å²) < 4.78 is 0.591. The van der Waals surface area contributed by atoms with Crippen LogP contribution in [-0.2, 0) is 6.54 Å². The summed E-state index contributed by atoms with van der Waals surface area (Å²) in [6.45, 7) is 2.07. The second-order valence-electron chi connectivity index (χ2n) is 5.12. The van der Waals surface area contributed by atoms with Crippen molar-refractivity contribution < 1.29 is 4.79 Å². The molecule has 0 spiro atoms. The van der Waals surface area contributed by atoms with Gasteiger partial charge in [0.15, 0.2) is 0 Å². The first kappa shape index (κ1) is 15.2. The number of amides is 2. The predicted molar refractivity (Wildman–Crippen MR) is 89.7 cm³/mol. The van der Waals surface area contributed by atoms with Crippen molar-refractivity contribution in [2.24, 2.45) is 0 Å². The Morgan fingerprint density at radius 2 is 2.26 bits per heavy atom. The molecule has 0 aliphatic heterocycles. The molecule has 118 valence electrons. The summed E-state index contributed by atoms with van der Waals surface area (Å²) in [6, 6.07) is 3.24. The van der Waals surface area contributed by atoms with Crippen molar-refractivity contribution in [2.45, 2.75) is 13.5 Å². The van der Waals surface area contributed by atoms with Crippen LogP contribution in [0, 0.1) is 6.92 Å². The first-order valence-electron chi connectivity index (χ1n) is 6.93. The number of nitrogens with one attached hydrogen (secondary N) is 2. The van der Waals surface area contributed by atoms with Crippen LogP contribution in [0.1, 0.15) is 11.4 Å². The van der Waals surface area contributed by atoms with E-state index in [-0.39, 0.29) is 18.1 Å². The number of carbonyl (C=O) groups excluding carboxylic acids is 1. The second-order valence-corrected chi connectivity index (χ2v) is 6.04. The van der Waals surface area contributed by atoms with Gasteiger partial charge < -0.3 is 15.2 Å². The number of nitrogens with zero attached hydrogens (tertiary/aromatic N) is 3. The Balaban J connectivity index is 1.75. The fourth-order valence-corrected chi connectivity index (χ4v) is 2.84. The minimum absolute atomic E-state index is 0.182. The first-order valence-corrected chi connectivity index (χ1v) is 7.81. The molecule has 3 heterocycles. The monoisotopic (exact) mass is 329 g/mol. The molecule has 0 saturated heterocycles. The van der Waals surface area contributed by atoms with Crippen molar-refractivity contribution in [1.82, 2.24) is 19.9 Å². The lowest BCUT2D eigenvalue weighted by Gasteiger charge is -2.18. The summed E-state index contributed by atoms with van der Waals surface area (Å²) in [4.78, 5) is 36.7. The molecular formula is C15H15N5O2S. The van der Waals surface area contributed by atoms with E-state index >= 15 is 0 Å². The van der Waals surface area contributed by atoms with Gasteiger partial charge in [0, 0.05) is 25.1 Å². The first-order chi connectivity index (χ1) is 11.0. The zero-order chi connectivity index (χ0) is 16.4. The third kappa shape index (κ3) is 3.21. The Morgan fingerprint density at radius 1 is 1.43 bits per heavy atom. The summed E-state index contributed by atoms with van der Waals surface area (Å²) in [5, 5.41) is 4.63. The van der Waals surface area contributed by atoms with Crippen LogP contribution in [0.15, 0.2) is 34.7 Å². The molecule has 0 saturated carbocycles. The van der Waals surface area contributed by atoms with Crippen molar-refractivity contribution in [1.29, 1.82) is 0 Å². The molecule has 0 bridgehead atoms. The molecule has 2 amide bonds. The molecule has 23 heavy (non-hydrogen) atoms. The van der Waals surface area contributed by atoms with E-state index < -0.39 is 0 Å². The lowest BCUT2D eigenvalue weighted by Crippen LogP contribution is -2.32. The van der Waals surface area contributed by atoms with Gasteiger partial charge in [-0.15, -0.1) is 11.3 Å². The Hall–Kier alpha value is -2.74. The second kappa shape index (κ2) is 6.17. The van der Waals surface area contributed by atoms with E-state index in [1.54, 1.807) is 31.6 Å². The molecule has 0 aromatic carbocycles. The van der Waals surface area contributed by atoms with Gasteiger partial charge in [0.25, 0.3) is 5.56 Å². The van der Waals surface area contributed by atoms with Gasteiger partial charge in [0.2, 0.25) is 0 Å². The minimum Gasteiger partial charge on any atom is -0.320 e. The number of aromatic nitrogens is 3. The number of hydrogen-bond donors (Lipinski definition) is 2. The van der Waals surface area contributed by atoms with Crippen molar-refractivity contribution in [3.05, 3.63) is 51.6 Å². The van der Waals surface area contributed by atoms with Gasteiger partial charge in [-0.2, -0.15) is 0 Å². The predicted octanol–water partition coefficient (Wildman–Crippen LogP) is 2.35. The van der Waals surface area contributed by atoms with Gasteiger partial charge >= 0.3 is 6.03 Å². The van der Waals surface area contributed by atoms with Crippen LogP contribution in [0.3, 0.4) is 0 Å². The normalized spacial score (nSPS) is 10.7. The van der Waals surface area contributed by atoms with Crippen LogP contribution < -0.4 is 10.9 Å². The maximum absolute atomic E-state index is 12.2. The van der Waals surface area contributed by atoms with Crippen LogP contribution in [0.25, 0.3) is 10.2 Å². The lowest BCUT2D eigenvalue weighted by molar-refractivity contribution is 0.219. The molecule has 0 radical (unpaired) electrons. The third-order valence-corrected chi connectivity index (χ3v) is 4.26. The van der Waals surface area contributed by atoms with E-state index in [4.69, 9.17) is 0 Å². The van der Waals surface area contributed by atoms with Crippen LogP contribution in [0.5, 0.6) is 0 Å². The average molecular weight is 329 g/mol. The quantitative estimate of drug-likeness (QED) is 0.771. The summed E-state index contributed by atoms with van der Waals surface area (Å²) in [5.74, 6) is 0.449. The fourth-order valence-electron chi connectivity index (χ4n) is 2.12. The van der Waals surface area contributed by atoms with Crippen molar-refractivity contribution >= 4 is 33.3 Å². The number of aromatic amines is 1. The standard InChI is InChI=1S/C15H15N5O2S/c1-9-7-16-5-3-10(9)18-15(22)20(2)8-12-17-11-4-6-23-13(11)14(21)19-12/h3-7H,8H2,1-2H3,(H,16,18,22)(H,17,19,21). The zero-order valence-corrected chi connectivity index (χ0v) is 13.5. The van der Waals surface area contributed by atoms with Gasteiger partial charge in [-0.25, -0.2) is 9.78 Å². The summed E-state index contributed by atoms with van der Waals surface area (Å²) in [7, 11) is 1.64. The highest BCUT2D eigenvalue weighted by Crippen LogP contribution is 2.15. The Kier molecular flexibility index (Phi) is 4.07. The van der Waals surface area contributed by atoms with E-state index in [0.29, 0.717) is 21.7 Å². The molecular weight excluding hydrogens is 314 g/mol.